The zero-order valence-corrected chi connectivity index (χ0v) is 9.23. The molecule has 4 heteroatoms. The number of amides is 1. The number of hydrogen-bond acceptors (Lipinski definition) is 2. The van der Waals surface area contributed by atoms with Crippen LogP contribution in [0.3, 0.4) is 0 Å². The highest BCUT2D eigenvalue weighted by Crippen LogP contribution is 2.10. The van der Waals surface area contributed by atoms with Crippen LogP contribution < -0.4 is 5.32 Å². The van der Waals surface area contributed by atoms with Gasteiger partial charge in [-0.3, -0.25) is 10.2 Å². The molecule has 16 heavy (non-hydrogen) atoms. The molecule has 0 spiro atoms. The molecule has 1 aromatic rings. The zero-order chi connectivity index (χ0) is 11.5. The summed E-state index contributed by atoms with van der Waals surface area (Å²) in [5.74, 6) is 0.412. The van der Waals surface area contributed by atoms with Crippen LogP contribution in [-0.2, 0) is 4.79 Å². The van der Waals surface area contributed by atoms with Crippen LogP contribution in [0.4, 0.5) is 0 Å². The SMILES string of the molecule is CC1C(=O)NCCN1C(=N)c1ccccc1. The first-order valence-electron chi connectivity index (χ1n) is 5.38. The quantitative estimate of drug-likeness (QED) is 0.541. The number of nitrogens with zero attached hydrogens (tertiary/aromatic N) is 1. The molecule has 1 aromatic carbocycles. The van der Waals surface area contributed by atoms with Crippen LogP contribution in [0.15, 0.2) is 30.3 Å². The summed E-state index contributed by atoms with van der Waals surface area (Å²) in [4.78, 5) is 13.3. The first-order valence-corrected chi connectivity index (χ1v) is 5.38. The molecule has 4 nitrogen and oxygen atoms in total. The fraction of sp³-hybridized carbons (Fsp3) is 0.333. The Hall–Kier alpha value is -1.84. The fourth-order valence-corrected chi connectivity index (χ4v) is 1.85. The standard InChI is InChI=1S/C12H15N3O/c1-9-12(16)14-7-8-15(9)11(13)10-5-3-2-4-6-10/h2-6,9,13H,7-8H2,1H3,(H,14,16). The topological polar surface area (TPSA) is 56.2 Å². The van der Waals surface area contributed by atoms with Gasteiger partial charge in [0.15, 0.2) is 0 Å². The van der Waals surface area contributed by atoms with Crippen LogP contribution in [0, 0.1) is 5.41 Å². The molecule has 0 saturated carbocycles. The molecule has 1 heterocycles. The lowest BCUT2D eigenvalue weighted by atomic mass is 10.1. The van der Waals surface area contributed by atoms with Gasteiger partial charge in [0.25, 0.3) is 0 Å². The Balaban J connectivity index is 2.19. The Morgan fingerprint density at radius 3 is 2.81 bits per heavy atom. The van der Waals surface area contributed by atoms with Crippen molar-refractivity contribution in [2.45, 2.75) is 13.0 Å². The predicted molar refractivity (Wildman–Crippen MR) is 62.4 cm³/mol. The van der Waals surface area contributed by atoms with Gasteiger partial charge in [-0.25, -0.2) is 0 Å². The normalized spacial score (nSPS) is 20.4. The lowest BCUT2D eigenvalue weighted by molar-refractivity contribution is -0.126. The van der Waals surface area contributed by atoms with Crippen LogP contribution in [0.5, 0.6) is 0 Å². The number of carbonyl (C=O) groups excluding carboxylic acids is 1. The van der Waals surface area contributed by atoms with Crippen LogP contribution in [0.25, 0.3) is 0 Å². The molecule has 0 aromatic heterocycles. The molecule has 0 bridgehead atoms. The first kappa shape index (κ1) is 10.7. The molecular weight excluding hydrogens is 202 g/mol. The Bertz CT molecular complexity index is 402. The smallest absolute Gasteiger partial charge is 0.242 e. The van der Waals surface area contributed by atoms with E-state index in [1.807, 2.05) is 42.2 Å². The van der Waals surface area contributed by atoms with E-state index in [0.717, 1.165) is 5.56 Å². The summed E-state index contributed by atoms with van der Waals surface area (Å²) >= 11 is 0. The summed E-state index contributed by atoms with van der Waals surface area (Å²) in [6.45, 7) is 3.13. The maximum absolute atomic E-state index is 11.5. The number of carbonyl (C=O) groups is 1. The van der Waals surface area contributed by atoms with E-state index in [4.69, 9.17) is 5.41 Å². The highest BCUT2D eigenvalue weighted by Gasteiger charge is 2.27. The number of nitrogens with one attached hydrogen (secondary N) is 2. The Morgan fingerprint density at radius 2 is 2.12 bits per heavy atom. The van der Waals surface area contributed by atoms with Crippen molar-refractivity contribution in [3.8, 4) is 0 Å². The summed E-state index contributed by atoms with van der Waals surface area (Å²) in [5, 5.41) is 10.9. The van der Waals surface area contributed by atoms with Gasteiger partial charge in [0.05, 0.1) is 0 Å². The van der Waals surface area contributed by atoms with Gasteiger partial charge in [-0.2, -0.15) is 0 Å². The van der Waals surface area contributed by atoms with Crippen molar-refractivity contribution in [1.29, 1.82) is 5.41 Å². The lowest BCUT2D eigenvalue weighted by Crippen LogP contribution is -2.55. The minimum Gasteiger partial charge on any atom is -0.353 e. The van der Waals surface area contributed by atoms with Crippen LogP contribution in [0.1, 0.15) is 12.5 Å². The van der Waals surface area contributed by atoms with Gasteiger partial charge < -0.3 is 10.2 Å². The van der Waals surface area contributed by atoms with Gasteiger partial charge in [-0.1, -0.05) is 30.3 Å². The third kappa shape index (κ3) is 1.91. The number of amidine groups is 1. The third-order valence-electron chi connectivity index (χ3n) is 2.83. The second kappa shape index (κ2) is 4.35. The van der Waals surface area contributed by atoms with Gasteiger partial charge in [0.2, 0.25) is 5.91 Å². The minimum atomic E-state index is -0.263. The highest BCUT2D eigenvalue weighted by molar-refractivity contribution is 5.99. The van der Waals surface area contributed by atoms with E-state index < -0.39 is 0 Å². The molecular formula is C12H15N3O. The molecule has 1 atom stereocenters. The average Bonchev–Trinajstić information content (AvgIpc) is 2.33. The Kier molecular flexibility index (Phi) is 2.90. The van der Waals surface area contributed by atoms with Crippen molar-refractivity contribution in [1.82, 2.24) is 10.2 Å². The fourth-order valence-electron chi connectivity index (χ4n) is 1.85. The third-order valence-corrected chi connectivity index (χ3v) is 2.83. The molecule has 1 aliphatic rings. The molecule has 1 fully saturated rings. The summed E-state index contributed by atoms with van der Waals surface area (Å²) < 4.78 is 0. The molecule has 1 aliphatic heterocycles. The van der Waals surface area contributed by atoms with E-state index in [1.54, 1.807) is 0 Å². The van der Waals surface area contributed by atoms with Gasteiger partial charge in [-0.15, -0.1) is 0 Å². The average molecular weight is 217 g/mol. The van der Waals surface area contributed by atoms with Gasteiger partial charge in [-0.05, 0) is 6.92 Å². The van der Waals surface area contributed by atoms with Crippen molar-refractivity contribution in [3.63, 3.8) is 0 Å². The van der Waals surface area contributed by atoms with E-state index >= 15 is 0 Å². The molecule has 1 saturated heterocycles. The second-order valence-corrected chi connectivity index (χ2v) is 3.88. The van der Waals surface area contributed by atoms with E-state index in [1.165, 1.54) is 0 Å². The summed E-state index contributed by atoms with van der Waals surface area (Å²) in [5.41, 5.74) is 0.851. The van der Waals surface area contributed by atoms with E-state index in [0.29, 0.717) is 18.9 Å². The zero-order valence-electron chi connectivity index (χ0n) is 9.23. The molecule has 2 rings (SSSR count). The molecule has 1 unspecified atom stereocenters. The number of piperazine rings is 1. The Morgan fingerprint density at radius 1 is 1.44 bits per heavy atom. The summed E-state index contributed by atoms with van der Waals surface area (Å²) in [7, 11) is 0. The van der Waals surface area contributed by atoms with Crippen LogP contribution in [-0.4, -0.2) is 35.8 Å². The van der Waals surface area contributed by atoms with Crippen molar-refractivity contribution in [2.75, 3.05) is 13.1 Å². The number of hydrogen-bond donors (Lipinski definition) is 2. The van der Waals surface area contributed by atoms with Gasteiger partial charge in [0, 0.05) is 18.7 Å². The highest BCUT2D eigenvalue weighted by atomic mass is 16.2. The number of benzene rings is 1. The van der Waals surface area contributed by atoms with Crippen molar-refractivity contribution in [2.24, 2.45) is 0 Å². The molecule has 0 aliphatic carbocycles. The molecule has 2 N–H and O–H groups in total. The van der Waals surface area contributed by atoms with E-state index in [9.17, 15) is 4.79 Å². The van der Waals surface area contributed by atoms with E-state index in [2.05, 4.69) is 5.32 Å². The van der Waals surface area contributed by atoms with Gasteiger partial charge >= 0.3 is 0 Å². The van der Waals surface area contributed by atoms with Crippen LogP contribution >= 0.6 is 0 Å². The summed E-state index contributed by atoms with van der Waals surface area (Å²) in [6.07, 6.45) is 0. The maximum Gasteiger partial charge on any atom is 0.242 e. The lowest BCUT2D eigenvalue weighted by Gasteiger charge is -2.34. The van der Waals surface area contributed by atoms with Crippen molar-refractivity contribution < 1.29 is 4.79 Å². The maximum atomic E-state index is 11.5. The van der Waals surface area contributed by atoms with Crippen LogP contribution in [0.2, 0.25) is 0 Å². The van der Waals surface area contributed by atoms with Crippen molar-refractivity contribution >= 4 is 11.7 Å². The minimum absolute atomic E-state index is 0.00747. The van der Waals surface area contributed by atoms with Crippen molar-refractivity contribution in [3.05, 3.63) is 35.9 Å². The molecule has 1 amide bonds. The predicted octanol–water partition coefficient (Wildman–Crippen LogP) is 0.832. The first-order chi connectivity index (χ1) is 7.70. The molecule has 0 radical (unpaired) electrons. The monoisotopic (exact) mass is 217 g/mol. The largest absolute Gasteiger partial charge is 0.353 e. The second-order valence-electron chi connectivity index (χ2n) is 3.88. The molecule has 84 valence electrons. The number of rotatable bonds is 1. The Labute approximate surface area is 94.8 Å². The van der Waals surface area contributed by atoms with Gasteiger partial charge in [0.1, 0.15) is 11.9 Å². The van der Waals surface area contributed by atoms with E-state index in [-0.39, 0.29) is 11.9 Å². The summed E-state index contributed by atoms with van der Waals surface area (Å²) in [6, 6.07) is 9.24.